The summed E-state index contributed by atoms with van der Waals surface area (Å²) in [6.45, 7) is 0. The van der Waals surface area contributed by atoms with E-state index in [1.165, 1.54) is 24.3 Å². The lowest BCUT2D eigenvalue weighted by atomic mass is 10.1. The molecule has 1 aromatic rings. The first kappa shape index (κ1) is 18.1. The summed E-state index contributed by atoms with van der Waals surface area (Å²) >= 11 is 0. The molecular formula is C13H17FNO6P. The van der Waals surface area contributed by atoms with Gasteiger partial charge >= 0.3 is 11.9 Å². The number of carboxylic acids is 2. The molecule has 0 amide bonds. The quantitative estimate of drug-likeness (QED) is 0.510. The Labute approximate surface area is 126 Å². The van der Waals surface area contributed by atoms with E-state index in [1.54, 1.807) is 0 Å². The van der Waals surface area contributed by atoms with Gasteiger partial charge in [0.1, 0.15) is 5.82 Å². The third-order valence-electron chi connectivity index (χ3n) is 2.94. The molecule has 0 aromatic heterocycles. The van der Waals surface area contributed by atoms with Crippen LogP contribution in [0.5, 0.6) is 0 Å². The number of carbonyl (C=O) groups is 2. The molecule has 0 spiro atoms. The molecule has 0 aliphatic heterocycles. The number of benzene rings is 1. The van der Waals surface area contributed by atoms with Crippen LogP contribution in [0, 0.1) is 11.7 Å². The molecule has 22 heavy (non-hydrogen) atoms. The molecule has 0 saturated carbocycles. The lowest BCUT2D eigenvalue weighted by Crippen LogP contribution is -2.21. The van der Waals surface area contributed by atoms with E-state index in [2.05, 4.69) is 5.32 Å². The molecule has 0 bridgehead atoms. The number of hydrogen-bond acceptors (Lipinski definition) is 4. The molecule has 1 rings (SSSR count). The minimum absolute atomic E-state index is 0.217. The lowest BCUT2D eigenvalue weighted by molar-refractivity contribution is -0.142. The molecular weight excluding hydrogens is 316 g/mol. The van der Waals surface area contributed by atoms with Gasteiger partial charge in [-0.2, -0.15) is 0 Å². The highest BCUT2D eigenvalue weighted by Gasteiger charge is 2.29. The zero-order valence-corrected chi connectivity index (χ0v) is 12.5. The minimum Gasteiger partial charge on any atom is -0.481 e. The molecule has 0 aliphatic carbocycles. The van der Waals surface area contributed by atoms with E-state index in [9.17, 15) is 23.4 Å². The van der Waals surface area contributed by atoms with E-state index < -0.39 is 37.2 Å². The fraction of sp³-hybridized carbons (Fsp3) is 0.385. The van der Waals surface area contributed by atoms with E-state index in [4.69, 9.17) is 10.2 Å². The van der Waals surface area contributed by atoms with Crippen LogP contribution in [0.2, 0.25) is 0 Å². The second-order valence-electron chi connectivity index (χ2n) is 4.84. The van der Waals surface area contributed by atoms with Crippen LogP contribution >= 0.6 is 7.37 Å². The summed E-state index contributed by atoms with van der Waals surface area (Å²) in [5.74, 6) is -4.12. The van der Waals surface area contributed by atoms with Crippen LogP contribution in [0.15, 0.2) is 24.3 Å². The Hall–Kier alpha value is -1.92. The average Bonchev–Trinajstić information content (AvgIpc) is 2.42. The molecule has 7 nitrogen and oxygen atoms in total. The molecule has 0 aliphatic rings. The van der Waals surface area contributed by atoms with Crippen LogP contribution in [0.3, 0.4) is 0 Å². The zero-order valence-electron chi connectivity index (χ0n) is 11.6. The van der Waals surface area contributed by atoms with Crippen molar-refractivity contribution in [1.82, 2.24) is 0 Å². The van der Waals surface area contributed by atoms with Gasteiger partial charge in [0, 0.05) is 18.3 Å². The van der Waals surface area contributed by atoms with Crippen molar-refractivity contribution in [3.05, 3.63) is 30.1 Å². The highest BCUT2D eigenvalue weighted by atomic mass is 31.2. The average molecular weight is 333 g/mol. The first-order chi connectivity index (χ1) is 10.2. The van der Waals surface area contributed by atoms with Crippen LogP contribution in [0.25, 0.3) is 0 Å². The number of hydrogen-bond donors (Lipinski definition) is 4. The lowest BCUT2D eigenvalue weighted by Gasteiger charge is -2.17. The Morgan fingerprint density at radius 1 is 1.23 bits per heavy atom. The van der Waals surface area contributed by atoms with Gasteiger partial charge < -0.3 is 20.4 Å². The molecule has 122 valence electrons. The van der Waals surface area contributed by atoms with Crippen molar-refractivity contribution in [2.75, 3.05) is 17.8 Å². The van der Waals surface area contributed by atoms with Gasteiger partial charge in [-0.05, 0) is 30.7 Å². The number of anilines is 1. The Morgan fingerprint density at radius 3 is 2.32 bits per heavy atom. The van der Waals surface area contributed by atoms with Gasteiger partial charge in [0.2, 0.25) is 7.37 Å². The van der Waals surface area contributed by atoms with Crippen LogP contribution in [0.1, 0.15) is 12.8 Å². The summed E-state index contributed by atoms with van der Waals surface area (Å²) in [4.78, 5) is 31.3. The predicted octanol–water partition coefficient (Wildman–Crippen LogP) is 2.03. The molecule has 4 N–H and O–H groups in total. The van der Waals surface area contributed by atoms with Gasteiger partial charge in [-0.15, -0.1) is 0 Å². The van der Waals surface area contributed by atoms with Crippen molar-refractivity contribution >= 4 is 25.0 Å². The SMILES string of the molecule is O=C(O)CCC(CP(=O)(O)CNc1ccc(F)cc1)C(=O)O. The van der Waals surface area contributed by atoms with E-state index >= 15 is 0 Å². The summed E-state index contributed by atoms with van der Waals surface area (Å²) in [7, 11) is -3.82. The molecule has 2 unspecified atom stereocenters. The zero-order chi connectivity index (χ0) is 16.8. The summed E-state index contributed by atoms with van der Waals surface area (Å²) in [5, 5.41) is 20.2. The predicted molar refractivity (Wildman–Crippen MR) is 77.6 cm³/mol. The standard InChI is InChI=1S/C13H17FNO6P/c14-10-2-4-11(5-3-10)15-8-22(20,21)7-9(13(18)19)1-6-12(16)17/h2-5,9,15H,1,6-8H2,(H,16,17)(H,18,19)(H,20,21). The van der Waals surface area contributed by atoms with Crippen molar-refractivity contribution in [2.24, 2.45) is 5.92 Å². The summed E-state index contributed by atoms with van der Waals surface area (Å²) in [6.07, 6.45) is -1.51. The minimum atomic E-state index is -3.82. The number of aliphatic carboxylic acids is 2. The van der Waals surface area contributed by atoms with Crippen LogP contribution in [0.4, 0.5) is 10.1 Å². The summed E-state index contributed by atoms with van der Waals surface area (Å²) < 4.78 is 24.7. The van der Waals surface area contributed by atoms with Crippen LogP contribution < -0.4 is 5.32 Å². The van der Waals surface area contributed by atoms with E-state index in [0.29, 0.717) is 5.69 Å². The maximum absolute atomic E-state index is 12.7. The van der Waals surface area contributed by atoms with Gasteiger partial charge in [0.15, 0.2) is 0 Å². The van der Waals surface area contributed by atoms with Gasteiger partial charge in [-0.3, -0.25) is 14.2 Å². The van der Waals surface area contributed by atoms with Crippen LogP contribution in [-0.4, -0.2) is 39.5 Å². The van der Waals surface area contributed by atoms with Gasteiger partial charge in [0.05, 0.1) is 12.2 Å². The largest absolute Gasteiger partial charge is 0.481 e. The Balaban J connectivity index is 2.59. The maximum atomic E-state index is 12.7. The Bertz CT molecular complexity index is 576. The van der Waals surface area contributed by atoms with E-state index in [0.717, 1.165) is 0 Å². The number of nitrogens with one attached hydrogen (secondary N) is 1. The van der Waals surface area contributed by atoms with Crippen LogP contribution in [-0.2, 0) is 14.2 Å². The Morgan fingerprint density at radius 2 is 1.82 bits per heavy atom. The first-order valence-electron chi connectivity index (χ1n) is 6.44. The van der Waals surface area contributed by atoms with Crippen molar-refractivity contribution in [3.63, 3.8) is 0 Å². The van der Waals surface area contributed by atoms with Gasteiger partial charge in [0.25, 0.3) is 0 Å². The number of carboxylic acid groups (broad SMARTS) is 2. The van der Waals surface area contributed by atoms with Gasteiger partial charge in [-0.1, -0.05) is 0 Å². The topological polar surface area (TPSA) is 124 Å². The van der Waals surface area contributed by atoms with Crippen molar-refractivity contribution in [3.8, 4) is 0 Å². The smallest absolute Gasteiger partial charge is 0.307 e. The molecule has 1 aromatic carbocycles. The van der Waals surface area contributed by atoms with E-state index in [1.807, 2.05) is 0 Å². The second kappa shape index (κ2) is 7.91. The summed E-state index contributed by atoms with van der Waals surface area (Å²) in [6, 6.07) is 5.12. The monoisotopic (exact) mass is 333 g/mol. The number of halogens is 1. The van der Waals surface area contributed by atoms with E-state index in [-0.39, 0.29) is 19.1 Å². The normalized spacial score (nSPS) is 14.8. The van der Waals surface area contributed by atoms with Crippen molar-refractivity contribution in [1.29, 1.82) is 0 Å². The molecule has 2 atom stereocenters. The first-order valence-corrected chi connectivity index (χ1v) is 8.47. The highest BCUT2D eigenvalue weighted by Crippen LogP contribution is 2.43. The van der Waals surface area contributed by atoms with Gasteiger partial charge in [-0.25, -0.2) is 4.39 Å². The third kappa shape index (κ3) is 6.69. The van der Waals surface area contributed by atoms with Crippen molar-refractivity contribution in [2.45, 2.75) is 12.8 Å². The molecule has 0 saturated heterocycles. The highest BCUT2D eigenvalue weighted by molar-refractivity contribution is 7.58. The summed E-state index contributed by atoms with van der Waals surface area (Å²) in [5.41, 5.74) is 0.424. The fourth-order valence-electron chi connectivity index (χ4n) is 1.78. The number of rotatable bonds is 9. The third-order valence-corrected chi connectivity index (χ3v) is 4.60. The fourth-order valence-corrected chi connectivity index (χ4v) is 3.37. The molecule has 0 fully saturated rings. The van der Waals surface area contributed by atoms with Crippen molar-refractivity contribution < 1.29 is 33.7 Å². The Kier molecular flexibility index (Phi) is 6.52. The maximum Gasteiger partial charge on any atom is 0.307 e. The molecule has 0 radical (unpaired) electrons. The second-order valence-corrected chi connectivity index (χ2v) is 7.21. The molecule has 0 heterocycles. The molecule has 9 heteroatoms.